The van der Waals surface area contributed by atoms with Crippen molar-refractivity contribution in [2.75, 3.05) is 40.3 Å². The van der Waals surface area contributed by atoms with Crippen molar-refractivity contribution >= 4 is 12.0 Å². The number of piperazine rings is 1. The molecule has 1 fully saturated rings. The van der Waals surface area contributed by atoms with Crippen LogP contribution in [0.3, 0.4) is 0 Å². The minimum Gasteiger partial charge on any atom is -0.426 e. The van der Waals surface area contributed by atoms with Gasteiger partial charge in [-0.3, -0.25) is 9.69 Å². The van der Waals surface area contributed by atoms with Crippen molar-refractivity contribution in [1.29, 1.82) is 0 Å². The van der Waals surface area contributed by atoms with Gasteiger partial charge < -0.3 is 14.5 Å². The molecule has 36 heavy (non-hydrogen) atoms. The molecule has 0 N–H and O–H groups in total. The maximum Gasteiger partial charge on any atom is 0.434 e. The van der Waals surface area contributed by atoms with Crippen LogP contribution in [-0.2, 0) is 11.3 Å². The van der Waals surface area contributed by atoms with E-state index in [-0.39, 0.29) is 32.1 Å². The van der Waals surface area contributed by atoms with Gasteiger partial charge in [0.25, 0.3) is 12.0 Å². The highest BCUT2D eigenvalue weighted by Crippen LogP contribution is 2.36. The van der Waals surface area contributed by atoms with E-state index in [4.69, 9.17) is 0 Å². The molecule has 0 aliphatic carbocycles. The smallest absolute Gasteiger partial charge is 0.426 e. The van der Waals surface area contributed by atoms with E-state index in [1.165, 1.54) is 4.90 Å². The number of rotatable bonds is 5. The Kier molecular flexibility index (Phi) is 8.17. The molecule has 0 aromatic heterocycles. The highest BCUT2D eigenvalue weighted by Gasteiger charge is 2.60. The summed E-state index contributed by atoms with van der Waals surface area (Å²) in [5.74, 6) is -0.213. The number of alkyl halides is 6. The summed E-state index contributed by atoms with van der Waals surface area (Å²) in [6.07, 6.45) is -17.4. The van der Waals surface area contributed by atoms with Crippen LogP contribution in [0.4, 0.5) is 31.1 Å². The van der Waals surface area contributed by atoms with Crippen LogP contribution in [0.2, 0.25) is 0 Å². The van der Waals surface area contributed by atoms with Crippen molar-refractivity contribution in [3.63, 3.8) is 0 Å². The summed E-state index contributed by atoms with van der Waals surface area (Å²) in [7, 11) is 3.25. The molecule has 0 atom stereocenters. The Balaban J connectivity index is 1.69. The SMILES string of the molecule is CN(C)C(=O)c1cc(-c2ccccc2)ccc1CN1CCN(C(=O)OC(C(F)(F)F)C(F)(F)F)CC1. The van der Waals surface area contributed by atoms with Crippen LogP contribution >= 0.6 is 0 Å². The van der Waals surface area contributed by atoms with E-state index in [9.17, 15) is 35.9 Å². The summed E-state index contributed by atoms with van der Waals surface area (Å²) >= 11 is 0. The van der Waals surface area contributed by atoms with Crippen LogP contribution in [0.15, 0.2) is 48.5 Å². The van der Waals surface area contributed by atoms with Crippen molar-refractivity contribution in [1.82, 2.24) is 14.7 Å². The van der Waals surface area contributed by atoms with Gasteiger partial charge >= 0.3 is 18.4 Å². The molecule has 0 radical (unpaired) electrons. The fourth-order valence-electron chi connectivity index (χ4n) is 3.79. The van der Waals surface area contributed by atoms with Gasteiger partial charge in [-0.15, -0.1) is 0 Å². The summed E-state index contributed by atoms with van der Waals surface area (Å²) in [6, 6.07) is 15.0. The molecule has 0 bridgehead atoms. The van der Waals surface area contributed by atoms with E-state index in [0.717, 1.165) is 16.0 Å². The number of carbonyl (C=O) groups is 2. The predicted octanol–water partition coefficient (Wildman–Crippen LogP) is 4.80. The van der Waals surface area contributed by atoms with Crippen molar-refractivity contribution in [3.8, 4) is 11.1 Å². The van der Waals surface area contributed by atoms with E-state index in [2.05, 4.69) is 4.74 Å². The quantitative estimate of drug-likeness (QED) is 0.535. The Bertz CT molecular complexity index is 1050. The third-order valence-corrected chi connectivity index (χ3v) is 5.69. The summed E-state index contributed by atoms with van der Waals surface area (Å²) in [6.45, 7) is 0.406. The van der Waals surface area contributed by atoms with Crippen molar-refractivity contribution in [3.05, 3.63) is 59.7 Å². The molecular formula is C24H25F6N3O3. The summed E-state index contributed by atoms with van der Waals surface area (Å²) in [4.78, 5) is 29.0. The van der Waals surface area contributed by atoms with Crippen molar-refractivity contribution in [2.24, 2.45) is 0 Å². The molecule has 3 rings (SSSR count). The Labute approximate surface area is 204 Å². The molecule has 12 heteroatoms. The minimum absolute atomic E-state index is 0.125. The molecule has 2 aromatic carbocycles. The lowest BCUT2D eigenvalue weighted by Crippen LogP contribution is -2.52. The van der Waals surface area contributed by atoms with Crippen LogP contribution in [-0.4, -0.2) is 85.4 Å². The average Bonchev–Trinajstić information content (AvgIpc) is 2.81. The number of amides is 2. The van der Waals surface area contributed by atoms with Crippen molar-refractivity contribution in [2.45, 2.75) is 25.0 Å². The van der Waals surface area contributed by atoms with Gasteiger partial charge in [-0.2, -0.15) is 26.3 Å². The second-order valence-corrected chi connectivity index (χ2v) is 8.55. The topological polar surface area (TPSA) is 53.1 Å². The largest absolute Gasteiger partial charge is 0.434 e. The molecule has 0 saturated carbocycles. The first-order chi connectivity index (χ1) is 16.8. The monoisotopic (exact) mass is 517 g/mol. The first-order valence-electron chi connectivity index (χ1n) is 11.0. The van der Waals surface area contributed by atoms with Crippen LogP contribution in [0.1, 0.15) is 15.9 Å². The van der Waals surface area contributed by atoms with Crippen LogP contribution < -0.4 is 0 Å². The fraction of sp³-hybridized carbons (Fsp3) is 0.417. The number of hydrogen-bond donors (Lipinski definition) is 0. The average molecular weight is 517 g/mol. The predicted molar refractivity (Wildman–Crippen MR) is 119 cm³/mol. The number of carbonyl (C=O) groups excluding carboxylic acids is 2. The molecule has 0 unspecified atom stereocenters. The third-order valence-electron chi connectivity index (χ3n) is 5.69. The Morgan fingerprint density at radius 1 is 0.889 bits per heavy atom. The second-order valence-electron chi connectivity index (χ2n) is 8.55. The molecule has 1 aliphatic rings. The standard InChI is InChI=1S/C24H25F6N3O3/c1-31(2)20(34)19-14-17(16-6-4-3-5-7-16)8-9-18(19)15-32-10-12-33(13-11-32)22(35)36-21(23(25,26)27)24(28,29)30/h3-9,14,21H,10-13,15H2,1-2H3. The summed E-state index contributed by atoms with van der Waals surface area (Å²) < 4.78 is 79.9. The van der Waals surface area contributed by atoms with Crippen LogP contribution in [0.25, 0.3) is 11.1 Å². The molecule has 2 aromatic rings. The van der Waals surface area contributed by atoms with Gasteiger partial charge in [0.1, 0.15) is 0 Å². The van der Waals surface area contributed by atoms with E-state index in [1.807, 2.05) is 47.4 Å². The minimum atomic E-state index is -5.77. The van der Waals surface area contributed by atoms with Crippen LogP contribution in [0.5, 0.6) is 0 Å². The second kappa shape index (κ2) is 10.8. The number of hydrogen-bond acceptors (Lipinski definition) is 4. The molecule has 6 nitrogen and oxygen atoms in total. The normalized spacial score (nSPS) is 15.2. The molecule has 1 aliphatic heterocycles. The number of halogens is 6. The van der Waals surface area contributed by atoms with Gasteiger partial charge in [-0.1, -0.05) is 42.5 Å². The molecule has 1 saturated heterocycles. The fourth-order valence-corrected chi connectivity index (χ4v) is 3.79. The highest BCUT2D eigenvalue weighted by atomic mass is 19.4. The van der Waals surface area contributed by atoms with Gasteiger partial charge in [0.05, 0.1) is 0 Å². The van der Waals surface area contributed by atoms with Gasteiger partial charge in [0.15, 0.2) is 0 Å². The molecular weight excluding hydrogens is 492 g/mol. The van der Waals surface area contributed by atoms with Crippen LogP contribution in [0, 0.1) is 0 Å². The zero-order valence-electron chi connectivity index (χ0n) is 19.6. The summed E-state index contributed by atoms with van der Waals surface area (Å²) in [5.41, 5.74) is 2.96. The lowest BCUT2D eigenvalue weighted by molar-refractivity contribution is -0.308. The highest BCUT2D eigenvalue weighted by molar-refractivity contribution is 5.96. The van der Waals surface area contributed by atoms with Gasteiger partial charge in [0.2, 0.25) is 0 Å². The lowest BCUT2D eigenvalue weighted by atomic mass is 9.98. The van der Waals surface area contributed by atoms with E-state index in [1.54, 1.807) is 20.2 Å². The molecule has 196 valence electrons. The molecule has 1 heterocycles. The zero-order chi connectivity index (χ0) is 26.7. The lowest BCUT2D eigenvalue weighted by Gasteiger charge is -2.35. The number of nitrogens with zero attached hydrogens (tertiary/aromatic N) is 3. The Morgan fingerprint density at radius 2 is 1.47 bits per heavy atom. The third kappa shape index (κ3) is 6.68. The van der Waals surface area contributed by atoms with E-state index in [0.29, 0.717) is 17.7 Å². The molecule has 0 spiro atoms. The van der Waals surface area contributed by atoms with E-state index < -0.39 is 24.5 Å². The number of benzene rings is 2. The van der Waals surface area contributed by atoms with Gasteiger partial charge in [0, 0.05) is 52.4 Å². The Hall–Kier alpha value is -3.28. The molecule has 2 amide bonds. The maximum atomic E-state index is 12.9. The first-order valence-corrected chi connectivity index (χ1v) is 11.0. The zero-order valence-corrected chi connectivity index (χ0v) is 19.6. The summed E-state index contributed by atoms with van der Waals surface area (Å²) in [5, 5.41) is 0. The van der Waals surface area contributed by atoms with Crippen molar-refractivity contribution < 1.29 is 40.7 Å². The maximum absolute atomic E-state index is 12.9. The van der Waals surface area contributed by atoms with E-state index >= 15 is 0 Å². The number of ether oxygens (including phenoxy) is 1. The van der Waals surface area contributed by atoms with Gasteiger partial charge in [-0.25, -0.2) is 4.79 Å². The Morgan fingerprint density at radius 3 is 2.00 bits per heavy atom. The first kappa shape index (κ1) is 27.3. The van der Waals surface area contributed by atoms with Gasteiger partial charge in [-0.05, 0) is 22.8 Å².